The van der Waals surface area contributed by atoms with Crippen molar-refractivity contribution in [2.24, 2.45) is 5.41 Å². The zero-order valence-electron chi connectivity index (χ0n) is 13.9. The highest BCUT2D eigenvalue weighted by atomic mass is 32.2. The quantitative estimate of drug-likeness (QED) is 0.250. The Balaban J connectivity index is 4.75. The van der Waals surface area contributed by atoms with Crippen molar-refractivity contribution in [2.45, 2.75) is 78.6 Å². The molecule has 0 radical (unpaired) electrons. The van der Waals surface area contributed by atoms with Crippen LogP contribution in [0.25, 0.3) is 0 Å². The third-order valence-corrected chi connectivity index (χ3v) is 5.04. The monoisotopic (exact) mass is 294 g/mol. The smallest absolute Gasteiger partial charge is 0.00121 e. The van der Waals surface area contributed by atoms with Gasteiger partial charge in [-0.1, -0.05) is 91.0 Å². The van der Waals surface area contributed by atoms with Crippen molar-refractivity contribution in [1.82, 2.24) is 0 Å². The number of unbranched alkanes of at least 4 members (excludes halogenated alkanes) is 5. The second-order valence-corrected chi connectivity index (χ2v) is 6.89. The highest BCUT2D eigenvalue weighted by Gasteiger charge is 2.27. The van der Waals surface area contributed by atoms with Crippen LogP contribution in [0, 0.1) is 5.41 Å². The van der Waals surface area contributed by atoms with Gasteiger partial charge in [0, 0.05) is 0 Å². The van der Waals surface area contributed by atoms with E-state index in [-0.39, 0.29) is 0 Å². The molecule has 0 aromatic rings. The molecule has 0 bridgehead atoms. The number of hydrogen-bond donors (Lipinski definition) is 0. The molecule has 20 heavy (non-hydrogen) atoms. The molecule has 0 fully saturated rings. The molecule has 0 aliphatic carbocycles. The Morgan fingerprint density at radius 1 is 0.950 bits per heavy atom. The summed E-state index contributed by atoms with van der Waals surface area (Å²) in [6, 6.07) is 0. The number of rotatable bonds is 13. The van der Waals surface area contributed by atoms with Crippen LogP contribution in [-0.2, 0) is 0 Å². The predicted octanol–water partition coefficient (Wildman–Crippen LogP) is 7.49. The Kier molecular flexibility index (Phi) is 12.1. The molecule has 116 valence electrons. The van der Waals surface area contributed by atoms with E-state index in [1.165, 1.54) is 62.7 Å². The molecule has 0 heterocycles. The van der Waals surface area contributed by atoms with Gasteiger partial charge in [0.2, 0.25) is 0 Å². The first-order valence-corrected chi connectivity index (χ1v) is 9.13. The predicted molar refractivity (Wildman–Crippen MR) is 97.1 cm³/mol. The van der Waals surface area contributed by atoms with Crippen LogP contribution in [0.4, 0.5) is 0 Å². The van der Waals surface area contributed by atoms with Gasteiger partial charge in [0.25, 0.3) is 0 Å². The number of thioether (sulfide) groups is 1. The van der Waals surface area contributed by atoms with Crippen LogP contribution in [0.15, 0.2) is 35.6 Å². The van der Waals surface area contributed by atoms with Gasteiger partial charge in [0.05, 0.1) is 0 Å². The van der Waals surface area contributed by atoms with Crippen molar-refractivity contribution in [2.75, 3.05) is 0 Å². The summed E-state index contributed by atoms with van der Waals surface area (Å²) in [5.41, 5.74) is 0.302. The average Bonchev–Trinajstić information content (AvgIpc) is 2.44. The number of allylic oxidation sites excluding steroid dienone is 3. The van der Waals surface area contributed by atoms with E-state index in [9.17, 15) is 0 Å². The van der Waals surface area contributed by atoms with E-state index < -0.39 is 0 Å². The first kappa shape index (κ1) is 19.6. The lowest BCUT2D eigenvalue weighted by Crippen LogP contribution is -2.18. The molecule has 0 N–H and O–H groups in total. The second-order valence-electron chi connectivity index (χ2n) is 5.88. The molecule has 0 aliphatic heterocycles. The first-order chi connectivity index (χ1) is 9.64. The summed E-state index contributed by atoms with van der Waals surface area (Å²) in [7, 11) is 0. The van der Waals surface area contributed by atoms with Gasteiger partial charge in [0.1, 0.15) is 0 Å². The summed E-state index contributed by atoms with van der Waals surface area (Å²) in [6.07, 6.45) is 16.0. The Morgan fingerprint density at radius 2 is 1.50 bits per heavy atom. The summed E-state index contributed by atoms with van der Waals surface area (Å²) in [4.78, 5) is 1.44. The summed E-state index contributed by atoms with van der Waals surface area (Å²) in [6.45, 7) is 14.7. The van der Waals surface area contributed by atoms with E-state index in [1.807, 2.05) is 11.5 Å². The molecule has 0 aromatic carbocycles. The Bertz CT molecular complexity index is 290. The fraction of sp³-hybridized carbons (Fsp3) is 0.684. The molecular formula is C19H34S. The molecule has 0 rings (SSSR count). The van der Waals surface area contributed by atoms with Crippen LogP contribution < -0.4 is 0 Å². The van der Waals surface area contributed by atoms with Crippen LogP contribution in [0.1, 0.15) is 78.6 Å². The van der Waals surface area contributed by atoms with Gasteiger partial charge in [-0.2, -0.15) is 0 Å². The highest BCUT2D eigenvalue weighted by Crippen LogP contribution is 2.44. The van der Waals surface area contributed by atoms with Crippen molar-refractivity contribution in [1.29, 1.82) is 0 Å². The van der Waals surface area contributed by atoms with Gasteiger partial charge >= 0.3 is 0 Å². The van der Waals surface area contributed by atoms with E-state index in [1.54, 1.807) is 11.8 Å². The van der Waals surface area contributed by atoms with Crippen LogP contribution >= 0.6 is 11.8 Å². The van der Waals surface area contributed by atoms with E-state index in [0.717, 1.165) is 0 Å². The SMILES string of the molecule is C=C/C=C(\SC=C)C(C)(CCCCC)CCCCCC. The Labute approximate surface area is 131 Å². The van der Waals surface area contributed by atoms with Gasteiger partial charge in [-0.25, -0.2) is 0 Å². The molecule has 0 saturated carbocycles. The maximum Gasteiger partial charge on any atom is -0.00121 e. The zero-order chi connectivity index (χ0) is 15.3. The topological polar surface area (TPSA) is 0 Å². The molecule has 0 saturated heterocycles. The highest BCUT2D eigenvalue weighted by molar-refractivity contribution is 8.05. The van der Waals surface area contributed by atoms with Crippen LogP contribution in [0.5, 0.6) is 0 Å². The zero-order valence-corrected chi connectivity index (χ0v) is 14.7. The lowest BCUT2D eigenvalue weighted by atomic mass is 9.79. The largest absolute Gasteiger partial charge is 0.103 e. The van der Waals surface area contributed by atoms with Crippen LogP contribution in [0.2, 0.25) is 0 Å². The van der Waals surface area contributed by atoms with E-state index in [4.69, 9.17) is 0 Å². The maximum atomic E-state index is 3.89. The van der Waals surface area contributed by atoms with Gasteiger partial charge in [-0.05, 0) is 28.6 Å². The average molecular weight is 295 g/mol. The minimum atomic E-state index is 0.302. The van der Waals surface area contributed by atoms with Crippen molar-refractivity contribution in [3.05, 3.63) is 35.6 Å². The lowest BCUT2D eigenvalue weighted by molar-refractivity contribution is 0.324. The third-order valence-electron chi connectivity index (χ3n) is 3.99. The fourth-order valence-electron chi connectivity index (χ4n) is 2.66. The molecule has 0 nitrogen and oxygen atoms in total. The molecular weight excluding hydrogens is 260 g/mol. The van der Waals surface area contributed by atoms with Crippen molar-refractivity contribution in [3.8, 4) is 0 Å². The molecule has 0 spiro atoms. The minimum Gasteiger partial charge on any atom is -0.103 e. The molecule has 0 aromatic heterocycles. The van der Waals surface area contributed by atoms with Gasteiger partial charge in [-0.3, -0.25) is 0 Å². The first-order valence-electron chi connectivity index (χ1n) is 8.25. The maximum absolute atomic E-state index is 3.89. The second kappa shape index (κ2) is 12.3. The number of hydrogen-bond acceptors (Lipinski definition) is 1. The Morgan fingerprint density at radius 3 is 2.00 bits per heavy atom. The van der Waals surface area contributed by atoms with Crippen molar-refractivity contribution in [3.63, 3.8) is 0 Å². The molecule has 1 unspecified atom stereocenters. The van der Waals surface area contributed by atoms with Crippen LogP contribution in [-0.4, -0.2) is 0 Å². The lowest BCUT2D eigenvalue weighted by Gasteiger charge is -2.32. The summed E-state index contributed by atoms with van der Waals surface area (Å²) >= 11 is 1.78. The normalized spacial score (nSPS) is 14.8. The molecule has 0 aliphatic rings. The summed E-state index contributed by atoms with van der Waals surface area (Å²) in [5.74, 6) is 0. The van der Waals surface area contributed by atoms with Crippen molar-refractivity contribution < 1.29 is 0 Å². The molecule has 0 amide bonds. The van der Waals surface area contributed by atoms with Gasteiger partial charge in [-0.15, -0.1) is 11.8 Å². The van der Waals surface area contributed by atoms with Gasteiger partial charge < -0.3 is 0 Å². The van der Waals surface area contributed by atoms with Gasteiger partial charge in [0.15, 0.2) is 0 Å². The fourth-order valence-corrected chi connectivity index (χ4v) is 3.50. The molecule has 1 atom stereocenters. The summed E-state index contributed by atoms with van der Waals surface area (Å²) < 4.78 is 0. The van der Waals surface area contributed by atoms with E-state index in [2.05, 4.69) is 40.0 Å². The van der Waals surface area contributed by atoms with E-state index in [0.29, 0.717) is 5.41 Å². The Hall–Kier alpha value is -0.430. The minimum absolute atomic E-state index is 0.302. The standard InChI is InChI=1S/C19H34S/c1-6-10-12-14-17-19(5,16-13-11-7-2)18(15-8-3)20-9-4/h8-9,15H,3-4,6-7,10-14,16-17H2,1-2,5H3/b18-15-. The van der Waals surface area contributed by atoms with Crippen molar-refractivity contribution >= 4 is 11.8 Å². The van der Waals surface area contributed by atoms with E-state index >= 15 is 0 Å². The third kappa shape index (κ3) is 7.99. The molecule has 1 heteroatoms. The summed E-state index contributed by atoms with van der Waals surface area (Å²) in [5, 5.41) is 1.96. The van der Waals surface area contributed by atoms with Crippen LogP contribution in [0.3, 0.4) is 0 Å².